The zero-order valence-electron chi connectivity index (χ0n) is 16.8. The average Bonchev–Trinajstić information content (AvgIpc) is 2.69. The van der Waals surface area contributed by atoms with E-state index in [1.807, 2.05) is 30.3 Å². The van der Waals surface area contributed by atoms with Crippen molar-refractivity contribution in [1.29, 1.82) is 0 Å². The highest BCUT2D eigenvalue weighted by molar-refractivity contribution is 6.59. The molecule has 0 saturated carbocycles. The molecule has 9 nitrogen and oxygen atoms in total. The van der Waals surface area contributed by atoms with Crippen molar-refractivity contribution in [3.63, 3.8) is 0 Å². The van der Waals surface area contributed by atoms with Gasteiger partial charge in [-0.2, -0.15) is 0 Å². The van der Waals surface area contributed by atoms with Crippen LogP contribution in [0.3, 0.4) is 0 Å². The fourth-order valence-electron chi connectivity index (χ4n) is 3.89. The molecule has 10 heteroatoms. The van der Waals surface area contributed by atoms with Crippen LogP contribution in [-0.4, -0.2) is 63.9 Å². The molecule has 1 amide bonds. The molecule has 2 aromatic carbocycles. The Morgan fingerprint density at radius 1 is 1.19 bits per heavy atom. The Kier molecular flexibility index (Phi) is 5.61. The highest BCUT2D eigenvalue weighted by Crippen LogP contribution is 2.39. The van der Waals surface area contributed by atoms with Crippen LogP contribution in [0.2, 0.25) is 6.32 Å². The Bertz CT molecular complexity index is 993. The molecule has 0 spiro atoms. The summed E-state index contributed by atoms with van der Waals surface area (Å²) in [5.41, 5.74) is 7.34. The number of carbonyl (C=O) groups is 2. The van der Waals surface area contributed by atoms with Gasteiger partial charge in [-0.25, -0.2) is 4.79 Å². The number of ether oxygens (including phenoxy) is 1. The molecule has 2 aliphatic heterocycles. The van der Waals surface area contributed by atoms with Gasteiger partial charge >= 0.3 is 12.7 Å². The minimum atomic E-state index is -3.10. The molecule has 164 valence electrons. The summed E-state index contributed by atoms with van der Waals surface area (Å²) in [7, 11) is 0. The topological polar surface area (TPSA) is 143 Å². The lowest BCUT2D eigenvalue weighted by atomic mass is 9.70. The molecule has 4 rings (SSSR count). The Morgan fingerprint density at radius 3 is 2.58 bits per heavy atom. The maximum atomic E-state index is 12.5. The lowest BCUT2D eigenvalue weighted by Crippen LogP contribution is -2.60. The number of carbonyl (C=O) groups excluding carboxylic acids is 1. The number of likely N-dealkylation sites (tertiary alicyclic amines) is 1. The molecule has 1 atom stereocenters. The molecule has 0 radical (unpaired) electrons. The molecule has 5 N–H and O–H groups in total. The summed E-state index contributed by atoms with van der Waals surface area (Å²) in [5.74, 6) is -1.51. The molecule has 0 bridgehead atoms. The zero-order valence-corrected chi connectivity index (χ0v) is 16.8. The van der Waals surface area contributed by atoms with Crippen molar-refractivity contribution in [2.45, 2.75) is 31.3 Å². The van der Waals surface area contributed by atoms with Crippen molar-refractivity contribution in [2.75, 3.05) is 13.1 Å². The van der Waals surface area contributed by atoms with Gasteiger partial charge in [-0.3, -0.25) is 4.79 Å². The van der Waals surface area contributed by atoms with Crippen LogP contribution >= 0.6 is 0 Å². The van der Waals surface area contributed by atoms with E-state index < -0.39 is 24.9 Å². The molecule has 2 heterocycles. The van der Waals surface area contributed by atoms with Gasteiger partial charge < -0.3 is 35.2 Å². The smallest absolute Gasteiger partial charge is 0.430 e. The number of hydrogen-bond acceptors (Lipinski definition) is 7. The maximum Gasteiger partial charge on any atom is 0.430 e. The minimum absolute atomic E-state index is 0.00477. The van der Waals surface area contributed by atoms with Crippen LogP contribution in [0.4, 0.5) is 0 Å². The second kappa shape index (κ2) is 8.22. The Balaban J connectivity index is 1.40. The summed E-state index contributed by atoms with van der Waals surface area (Å²) in [6, 6.07) is 12.0. The summed E-state index contributed by atoms with van der Waals surface area (Å²) in [6.45, 7) is -2.54. The highest BCUT2D eigenvalue weighted by atomic mass is 16.6. The number of nitrogens with two attached hydrogens (primary N) is 1. The standard InChI is InChI=1S/C21H24BN2O7/c23-16(10-13-4-2-1-3-5-13)20(25)24-11-15(12-24)30-17-7-6-14-8-9-22(28,29)31-19(14)18(17)21(26)27/h1-7,15-16,28-29H,8-12,23H2,(H,26,27)/q-1/t16-/m1/s1. The quantitative estimate of drug-likeness (QED) is 0.486. The van der Waals surface area contributed by atoms with Crippen molar-refractivity contribution in [3.05, 3.63) is 59.2 Å². The molecule has 0 unspecified atom stereocenters. The zero-order chi connectivity index (χ0) is 22.2. The largest absolute Gasteiger partial charge is 0.669 e. The fourth-order valence-corrected chi connectivity index (χ4v) is 3.89. The number of amides is 1. The second-order valence-corrected chi connectivity index (χ2v) is 8.03. The van der Waals surface area contributed by atoms with E-state index in [1.54, 1.807) is 11.0 Å². The maximum absolute atomic E-state index is 12.5. The number of aromatic carboxylic acids is 1. The van der Waals surface area contributed by atoms with E-state index in [-0.39, 0.29) is 48.8 Å². The van der Waals surface area contributed by atoms with E-state index in [0.29, 0.717) is 12.0 Å². The van der Waals surface area contributed by atoms with Gasteiger partial charge in [0, 0.05) is 0 Å². The van der Waals surface area contributed by atoms with Gasteiger partial charge in [-0.05, 0) is 30.0 Å². The summed E-state index contributed by atoms with van der Waals surface area (Å²) >= 11 is 0. The Labute approximate surface area is 179 Å². The monoisotopic (exact) mass is 427 g/mol. The third kappa shape index (κ3) is 4.51. The number of aryl methyl sites for hydroxylation is 1. The van der Waals surface area contributed by atoms with Crippen molar-refractivity contribution in [1.82, 2.24) is 4.90 Å². The van der Waals surface area contributed by atoms with E-state index >= 15 is 0 Å². The molecule has 31 heavy (non-hydrogen) atoms. The average molecular weight is 427 g/mol. The summed E-state index contributed by atoms with van der Waals surface area (Å²) in [5, 5.41) is 29.3. The van der Waals surface area contributed by atoms with Gasteiger partial charge in [0.2, 0.25) is 5.91 Å². The van der Waals surface area contributed by atoms with E-state index in [1.165, 1.54) is 6.07 Å². The SMILES string of the molecule is N[C@H](Cc1ccccc1)C(=O)N1CC(Oc2ccc3c(c2C(=O)O)O[B-](O)(O)CC3)C1. The lowest BCUT2D eigenvalue weighted by Gasteiger charge is -2.41. The number of fused-ring (bicyclic) bond motifs is 1. The summed E-state index contributed by atoms with van der Waals surface area (Å²) in [4.78, 5) is 25.9. The van der Waals surface area contributed by atoms with Crippen LogP contribution < -0.4 is 15.1 Å². The van der Waals surface area contributed by atoms with Crippen LogP contribution in [0.1, 0.15) is 21.5 Å². The molecule has 1 saturated heterocycles. The Hall–Kier alpha value is -3.08. The molecule has 0 aromatic heterocycles. The fraction of sp³-hybridized carbons (Fsp3) is 0.333. The third-order valence-electron chi connectivity index (χ3n) is 5.58. The van der Waals surface area contributed by atoms with Crippen LogP contribution in [-0.2, 0) is 17.6 Å². The first-order valence-electron chi connectivity index (χ1n) is 10.2. The summed E-state index contributed by atoms with van der Waals surface area (Å²) in [6.07, 6.45) is 0.313. The second-order valence-electron chi connectivity index (χ2n) is 8.03. The van der Waals surface area contributed by atoms with Gasteiger partial charge in [0.05, 0.1) is 24.9 Å². The van der Waals surface area contributed by atoms with Crippen molar-refractivity contribution < 1.29 is 34.1 Å². The first-order chi connectivity index (χ1) is 14.7. The molecular formula is C21H24BN2O7-. The number of benzene rings is 2. The van der Waals surface area contributed by atoms with Crippen LogP contribution in [0, 0.1) is 0 Å². The van der Waals surface area contributed by atoms with E-state index in [0.717, 1.165) is 5.56 Å². The number of hydrogen-bond donors (Lipinski definition) is 4. The molecule has 1 fully saturated rings. The summed E-state index contributed by atoms with van der Waals surface area (Å²) < 4.78 is 11.0. The van der Waals surface area contributed by atoms with Crippen LogP contribution in [0.15, 0.2) is 42.5 Å². The van der Waals surface area contributed by atoms with Crippen molar-refractivity contribution >= 4 is 18.6 Å². The lowest BCUT2D eigenvalue weighted by molar-refractivity contribution is -0.141. The van der Waals surface area contributed by atoms with Gasteiger partial charge in [0.1, 0.15) is 17.4 Å². The van der Waals surface area contributed by atoms with Crippen molar-refractivity contribution in [2.24, 2.45) is 5.73 Å². The third-order valence-corrected chi connectivity index (χ3v) is 5.58. The van der Waals surface area contributed by atoms with E-state index in [2.05, 4.69) is 0 Å². The van der Waals surface area contributed by atoms with Crippen molar-refractivity contribution in [3.8, 4) is 11.5 Å². The van der Waals surface area contributed by atoms with Crippen LogP contribution in [0.25, 0.3) is 0 Å². The normalized spacial score (nSPS) is 18.4. The number of carboxylic acids is 1. The van der Waals surface area contributed by atoms with Gasteiger partial charge in [0.15, 0.2) is 0 Å². The predicted molar refractivity (Wildman–Crippen MR) is 112 cm³/mol. The van der Waals surface area contributed by atoms with E-state index in [4.69, 9.17) is 15.1 Å². The van der Waals surface area contributed by atoms with Gasteiger partial charge in [-0.1, -0.05) is 42.7 Å². The van der Waals surface area contributed by atoms with E-state index in [9.17, 15) is 24.7 Å². The predicted octanol–water partition coefficient (Wildman–Crippen LogP) is 0.403. The number of nitrogens with zero attached hydrogens (tertiary/aromatic N) is 1. The van der Waals surface area contributed by atoms with Gasteiger partial charge in [-0.15, -0.1) is 0 Å². The number of carboxylic acid groups (broad SMARTS) is 1. The minimum Gasteiger partial charge on any atom is -0.669 e. The first kappa shape index (κ1) is 21.2. The molecule has 0 aliphatic carbocycles. The van der Waals surface area contributed by atoms with Crippen LogP contribution in [0.5, 0.6) is 11.5 Å². The molecular weight excluding hydrogens is 403 g/mol. The molecule has 2 aromatic rings. The van der Waals surface area contributed by atoms with Gasteiger partial charge in [0.25, 0.3) is 0 Å². The number of rotatable bonds is 6. The Morgan fingerprint density at radius 2 is 1.90 bits per heavy atom. The first-order valence-corrected chi connectivity index (χ1v) is 10.2. The highest BCUT2D eigenvalue weighted by Gasteiger charge is 2.37. The molecule has 2 aliphatic rings.